The largest absolute Gasteiger partial charge is 0.484 e. The lowest BCUT2D eigenvalue weighted by molar-refractivity contribution is -0.153. The number of alkyl halides is 3. The number of nitrogens with zero attached hydrogens (tertiary/aromatic N) is 2. The van der Waals surface area contributed by atoms with Crippen molar-refractivity contribution < 1.29 is 17.9 Å². The molecule has 2 aromatic carbocycles. The molecule has 1 aromatic heterocycles. The summed E-state index contributed by atoms with van der Waals surface area (Å²) in [7, 11) is 0. The van der Waals surface area contributed by atoms with E-state index >= 15 is 0 Å². The van der Waals surface area contributed by atoms with Crippen LogP contribution in [0, 0.1) is 6.92 Å². The summed E-state index contributed by atoms with van der Waals surface area (Å²) in [6.07, 6.45) is -4.34. The van der Waals surface area contributed by atoms with E-state index in [1.54, 1.807) is 12.1 Å². The molecule has 0 aliphatic heterocycles. The summed E-state index contributed by atoms with van der Waals surface area (Å²) in [5, 5.41) is 13.5. The lowest BCUT2D eigenvalue weighted by Gasteiger charge is -2.11. The van der Waals surface area contributed by atoms with Crippen molar-refractivity contribution in [3.63, 3.8) is 0 Å². The number of fused-ring (bicyclic) bond motifs is 1. The van der Waals surface area contributed by atoms with Crippen LogP contribution in [-0.2, 0) is 6.54 Å². The second-order valence-corrected chi connectivity index (χ2v) is 5.58. The van der Waals surface area contributed by atoms with Crippen molar-refractivity contribution in [2.24, 2.45) is 0 Å². The molecule has 0 bridgehead atoms. The van der Waals surface area contributed by atoms with Crippen LogP contribution >= 0.6 is 0 Å². The first-order valence-electron chi connectivity index (χ1n) is 7.67. The third kappa shape index (κ3) is 4.37. The molecule has 1 heterocycles. The average Bonchev–Trinajstić information content (AvgIpc) is 2.60. The number of hydrogen-bond acceptors (Lipinski definition) is 4. The van der Waals surface area contributed by atoms with E-state index in [1.165, 1.54) is 12.1 Å². The van der Waals surface area contributed by atoms with E-state index in [4.69, 9.17) is 4.74 Å². The Bertz CT molecular complexity index is 864. The molecule has 7 heteroatoms. The number of aromatic nitrogens is 2. The number of benzene rings is 2. The van der Waals surface area contributed by atoms with Crippen LogP contribution in [-0.4, -0.2) is 23.0 Å². The number of aryl methyl sites for hydroxylation is 1. The molecule has 0 aliphatic rings. The Morgan fingerprint density at radius 2 is 1.64 bits per heavy atom. The molecule has 25 heavy (non-hydrogen) atoms. The molecule has 0 saturated heterocycles. The molecule has 3 rings (SSSR count). The highest BCUT2D eigenvalue weighted by molar-refractivity contribution is 5.92. The molecule has 0 amide bonds. The number of halogens is 3. The zero-order valence-electron chi connectivity index (χ0n) is 13.5. The molecule has 0 spiro atoms. The predicted molar refractivity (Wildman–Crippen MR) is 89.6 cm³/mol. The van der Waals surface area contributed by atoms with Crippen LogP contribution < -0.4 is 10.1 Å². The lowest BCUT2D eigenvalue weighted by atomic mass is 10.1. The van der Waals surface area contributed by atoms with Gasteiger partial charge in [0.05, 0.1) is 5.69 Å². The summed E-state index contributed by atoms with van der Waals surface area (Å²) in [6.45, 7) is 1.08. The fraction of sp³-hybridized carbons (Fsp3) is 0.222. The molecule has 4 nitrogen and oxygen atoms in total. The molecule has 0 radical (unpaired) electrons. The zero-order valence-corrected chi connectivity index (χ0v) is 13.5. The van der Waals surface area contributed by atoms with Gasteiger partial charge in [0.25, 0.3) is 0 Å². The highest BCUT2D eigenvalue weighted by atomic mass is 19.4. The fourth-order valence-electron chi connectivity index (χ4n) is 2.42. The second-order valence-electron chi connectivity index (χ2n) is 5.58. The maximum atomic E-state index is 12.1. The highest BCUT2D eigenvalue weighted by Crippen LogP contribution is 2.23. The normalized spacial score (nSPS) is 11.5. The Morgan fingerprint density at radius 3 is 2.32 bits per heavy atom. The predicted octanol–water partition coefficient (Wildman–Crippen LogP) is 4.49. The lowest BCUT2D eigenvalue weighted by Crippen LogP contribution is -2.19. The minimum absolute atomic E-state index is 0.182. The van der Waals surface area contributed by atoms with Gasteiger partial charge in [0, 0.05) is 17.3 Å². The number of rotatable bonds is 5. The third-order valence-electron chi connectivity index (χ3n) is 3.66. The van der Waals surface area contributed by atoms with Gasteiger partial charge in [-0.05, 0) is 24.6 Å². The molecule has 130 valence electrons. The summed E-state index contributed by atoms with van der Waals surface area (Å²) < 4.78 is 41.1. The van der Waals surface area contributed by atoms with Crippen molar-refractivity contribution in [2.45, 2.75) is 19.6 Å². The average molecular weight is 347 g/mol. The summed E-state index contributed by atoms with van der Waals surface area (Å²) in [6, 6.07) is 14.3. The van der Waals surface area contributed by atoms with Crippen LogP contribution in [0.5, 0.6) is 5.75 Å². The van der Waals surface area contributed by atoms with E-state index < -0.39 is 12.8 Å². The standard InChI is InChI=1S/C18H16F3N3O/c1-12-15-4-2-3-5-16(15)17(24-23-12)22-10-13-6-8-14(9-7-13)25-11-18(19,20)21/h2-9H,10-11H2,1H3,(H,22,24). The van der Waals surface area contributed by atoms with Crippen molar-refractivity contribution in [3.8, 4) is 5.75 Å². The van der Waals surface area contributed by atoms with Crippen molar-refractivity contribution >= 4 is 16.6 Å². The minimum Gasteiger partial charge on any atom is -0.484 e. The SMILES string of the molecule is Cc1nnc(NCc2ccc(OCC(F)(F)F)cc2)c2ccccc12. The van der Waals surface area contributed by atoms with E-state index in [2.05, 4.69) is 15.5 Å². The van der Waals surface area contributed by atoms with Crippen LogP contribution in [0.4, 0.5) is 19.0 Å². The van der Waals surface area contributed by atoms with E-state index in [9.17, 15) is 13.2 Å². The van der Waals surface area contributed by atoms with Gasteiger partial charge in [0.1, 0.15) is 5.75 Å². The van der Waals surface area contributed by atoms with Crippen molar-refractivity contribution in [2.75, 3.05) is 11.9 Å². The Balaban J connectivity index is 1.67. The summed E-state index contributed by atoms with van der Waals surface area (Å²) >= 11 is 0. The number of anilines is 1. The van der Waals surface area contributed by atoms with Crippen LogP contribution in [0.2, 0.25) is 0 Å². The Morgan fingerprint density at radius 1 is 0.960 bits per heavy atom. The summed E-state index contributed by atoms with van der Waals surface area (Å²) in [5.41, 5.74) is 1.75. The van der Waals surface area contributed by atoms with Gasteiger partial charge in [-0.1, -0.05) is 36.4 Å². The molecule has 3 aromatic rings. The topological polar surface area (TPSA) is 47.0 Å². The molecule has 0 aliphatic carbocycles. The van der Waals surface area contributed by atoms with Crippen LogP contribution in [0.1, 0.15) is 11.3 Å². The van der Waals surface area contributed by atoms with E-state index in [0.717, 1.165) is 22.0 Å². The van der Waals surface area contributed by atoms with E-state index in [0.29, 0.717) is 12.4 Å². The van der Waals surface area contributed by atoms with E-state index in [-0.39, 0.29) is 5.75 Å². The monoisotopic (exact) mass is 347 g/mol. The summed E-state index contributed by atoms with van der Waals surface area (Å²) in [4.78, 5) is 0. The maximum Gasteiger partial charge on any atom is 0.422 e. The molecule has 0 saturated carbocycles. The van der Waals surface area contributed by atoms with Crippen LogP contribution in [0.3, 0.4) is 0 Å². The van der Waals surface area contributed by atoms with Gasteiger partial charge in [-0.25, -0.2) is 0 Å². The van der Waals surface area contributed by atoms with Gasteiger partial charge < -0.3 is 10.1 Å². The molecular formula is C18H16F3N3O. The summed E-state index contributed by atoms with van der Waals surface area (Å²) in [5.74, 6) is 0.847. The van der Waals surface area contributed by atoms with Gasteiger partial charge in [-0.15, -0.1) is 5.10 Å². The Kier molecular flexibility index (Phi) is 4.74. The van der Waals surface area contributed by atoms with Gasteiger partial charge in [-0.3, -0.25) is 0 Å². The number of ether oxygens (including phenoxy) is 1. The molecule has 1 N–H and O–H groups in total. The van der Waals surface area contributed by atoms with Gasteiger partial charge in [0.2, 0.25) is 0 Å². The van der Waals surface area contributed by atoms with Gasteiger partial charge >= 0.3 is 6.18 Å². The molecule has 0 fully saturated rings. The molecular weight excluding hydrogens is 331 g/mol. The first-order chi connectivity index (χ1) is 11.9. The van der Waals surface area contributed by atoms with Crippen LogP contribution in [0.15, 0.2) is 48.5 Å². The third-order valence-corrected chi connectivity index (χ3v) is 3.66. The molecule has 0 atom stereocenters. The van der Waals surface area contributed by atoms with Gasteiger partial charge in [0.15, 0.2) is 12.4 Å². The zero-order chi connectivity index (χ0) is 17.9. The number of hydrogen-bond donors (Lipinski definition) is 1. The Hall–Kier alpha value is -2.83. The first kappa shape index (κ1) is 17.0. The quantitative estimate of drug-likeness (QED) is 0.739. The first-order valence-corrected chi connectivity index (χ1v) is 7.67. The smallest absolute Gasteiger partial charge is 0.422 e. The fourth-order valence-corrected chi connectivity index (χ4v) is 2.42. The Labute approximate surface area is 142 Å². The van der Waals surface area contributed by atoms with Crippen molar-refractivity contribution in [1.82, 2.24) is 10.2 Å². The van der Waals surface area contributed by atoms with Crippen molar-refractivity contribution in [3.05, 3.63) is 59.8 Å². The number of nitrogens with one attached hydrogen (secondary N) is 1. The highest BCUT2D eigenvalue weighted by Gasteiger charge is 2.28. The van der Waals surface area contributed by atoms with E-state index in [1.807, 2.05) is 31.2 Å². The molecule has 0 unspecified atom stereocenters. The van der Waals surface area contributed by atoms with Crippen LogP contribution in [0.25, 0.3) is 10.8 Å². The maximum absolute atomic E-state index is 12.1. The second kappa shape index (κ2) is 6.96. The van der Waals surface area contributed by atoms with Crippen molar-refractivity contribution in [1.29, 1.82) is 0 Å². The minimum atomic E-state index is -4.34. The van der Waals surface area contributed by atoms with Gasteiger partial charge in [-0.2, -0.15) is 18.3 Å².